The number of nitrogens with one attached hydrogen (secondary N) is 2. The lowest BCUT2D eigenvalue weighted by Gasteiger charge is -2.56. The van der Waals surface area contributed by atoms with Gasteiger partial charge in [0.25, 0.3) is 12.3 Å². The van der Waals surface area contributed by atoms with Gasteiger partial charge in [-0.25, -0.2) is 27.5 Å². The summed E-state index contributed by atoms with van der Waals surface area (Å²) in [6, 6.07) is 4.71. The monoisotopic (exact) mass is 774 g/mol. The number of nitrogens with zero attached hydrogens (tertiary/aromatic N) is 6. The Balaban J connectivity index is 1.07. The maximum Gasteiger partial charge on any atom is 0.261 e. The summed E-state index contributed by atoms with van der Waals surface area (Å²) < 4.78 is 66.5. The Bertz CT molecular complexity index is 2310. The van der Waals surface area contributed by atoms with E-state index in [2.05, 4.69) is 27.4 Å². The molecule has 4 fully saturated rings. The summed E-state index contributed by atoms with van der Waals surface area (Å²) in [4.78, 5) is 46.2. The molecule has 3 aliphatic carbocycles. The molecule has 0 unspecified atom stereocenters. The van der Waals surface area contributed by atoms with Crippen LogP contribution in [0.1, 0.15) is 101 Å². The van der Waals surface area contributed by atoms with Crippen molar-refractivity contribution >= 4 is 40.0 Å². The zero-order chi connectivity index (χ0) is 39.7. The number of hydrogen-bond donors (Lipinski definition) is 2. The highest BCUT2D eigenvalue weighted by molar-refractivity contribution is 6.08. The number of anilines is 3. The second-order valence-electron chi connectivity index (χ2n) is 17.6. The van der Waals surface area contributed by atoms with E-state index in [9.17, 15) is 18.4 Å². The minimum atomic E-state index is -2.80. The van der Waals surface area contributed by atoms with Crippen molar-refractivity contribution in [2.45, 2.75) is 121 Å². The molecule has 1 saturated heterocycles. The van der Waals surface area contributed by atoms with Crippen LogP contribution in [0.25, 0.3) is 22.3 Å². The Morgan fingerprint density at radius 2 is 1.75 bits per heavy atom. The predicted octanol–water partition coefficient (Wildman–Crippen LogP) is 7.34. The SMILES string of the molecule is Cc1c(C(=O)NC2(C(F)F)CC2)cc(Nc2nc(-c3cnc4c(c3)N([C@H]3C[C@@](C)(N5CCOC6(CC6)C5)C3)C(=O)C4(C)C)cc3ncn(C(C)C)c23)c(F)c1F. The van der Waals surface area contributed by atoms with E-state index in [0.717, 1.165) is 51.4 Å². The van der Waals surface area contributed by atoms with Gasteiger partial charge in [-0.1, -0.05) is 0 Å². The van der Waals surface area contributed by atoms with Gasteiger partial charge in [0.05, 0.1) is 52.2 Å². The average molecular weight is 775 g/mol. The molecule has 2 aliphatic heterocycles. The lowest BCUT2D eigenvalue weighted by molar-refractivity contribution is -0.126. The molecule has 15 heteroatoms. The zero-order valence-corrected chi connectivity index (χ0v) is 32.4. The van der Waals surface area contributed by atoms with Crippen molar-refractivity contribution < 1.29 is 31.9 Å². The molecule has 9 rings (SSSR count). The Hall–Kier alpha value is -4.63. The Morgan fingerprint density at radius 3 is 2.41 bits per heavy atom. The van der Waals surface area contributed by atoms with Gasteiger partial charge in [-0.15, -0.1) is 0 Å². The van der Waals surface area contributed by atoms with Crippen LogP contribution in [-0.2, 0) is 14.9 Å². The van der Waals surface area contributed by atoms with Gasteiger partial charge in [0.15, 0.2) is 17.5 Å². The summed E-state index contributed by atoms with van der Waals surface area (Å²) in [7, 11) is 0. The second-order valence-corrected chi connectivity index (χ2v) is 17.6. The number of fused-ring (bicyclic) bond motifs is 2. The third kappa shape index (κ3) is 5.70. The number of alkyl halides is 2. The minimum Gasteiger partial charge on any atom is -0.372 e. The molecule has 3 aromatic heterocycles. The number of hydrogen-bond acceptors (Lipinski definition) is 8. The number of amides is 2. The van der Waals surface area contributed by atoms with Crippen molar-refractivity contribution in [3.63, 3.8) is 0 Å². The first-order valence-electron chi connectivity index (χ1n) is 19.4. The highest BCUT2D eigenvalue weighted by Crippen LogP contribution is 2.52. The molecule has 3 saturated carbocycles. The van der Waals surface area contributed by atoms with Crippen molar-refractivity contribution in [2.75, 3.05) is 29.9 Å². The number of morpholine rings is 1. The predicted molar refractivity (Wildman–Crippen MR) is 202 cm³/mol. The molecule has 56 heavy (non-hydrogen) atoms. The van der Waals surface area contributed by atoms with E-state index in [4.69, 9.17) is 14.7 Å². The van der Waals surface area contributed by atoms with E-state index in [1.165, 1.54) is 6.92 Å². The second kappa shape index (κ2) is 12.4. The van der Waals surface area contributed by atoms with Crippen LogP contribution in [0.2, 0.25) is 0 Å². The molecule has 296 valence electrons. The molecule has 4 aromatic rings. The van der Waals surface area contributed by atoms with Crippen LogP contribution in [-0.4, -0.2) is 85.1 Å². The first-order valence-corrected chi connectivity index (χ1v) is 19.4. The van der Waals surface area contributed by atoms with E-state index < -0.39 is 40.6 Å². The number of benzene rings is 1. The number of carbonyl (C=O) groups excluding carboxylic acids is 2. The topological polar surface area (TPSA) is 118 Å². The van der Waals surface area contributed by atoms with Crippen LogP contribution in [0.15, 0.2) is 30.7 Å². The van der Waals surface area contributed by atoms with E-state index in [1.807, 2.05) is 43.2 Å². The fourth-order valence-corrected chi connectivity index (χ4v) is 8.96. The molecule has 0 bridgehead atoms. The normalized spacial score (nSPS) is 24.5. The van der Waals surface area contributed by atoms with Gasteiger partial charge < -0.3 is 24.8 Å². The number of ether oxygens (including phenoxy) is 1. The lowest BCUT2D eigenvalue weighted by atomic mass is 9.71. The molecular weight excluding hydrogens is 728 g/mol. The molecular formula is C41H46F4N8O3. The number of carbonyl (C=O) groups is 2. The van der Waals surface area contributed by atoms with E-state index in [-0.39, 0.29) is 58.9 Å². The van der Waals surface area contributed by atoms with Crippen LogP contribution < -0.4 is 15.5 Å². The number of imidazole rings is 1. The van der Waals surface area contributed by atoms with Crippen molar-refractivity contribution in [1.29, 1.82) is 0 Å². The number of pyridine rings is 2. The average Bonchev–Trinajstić information content (AvgIpc) is 4.04. The molecule has 1 aromatic carbocycles. The molecule has 2 amide bonds. The fourth-order valence-electron chi connectivity index (χ4n) is 8.96. The highest BCUT2D eigenvalue weighted by Gasteiger charge is 2.58. The highest BCUT2D eigenvalue weighted by atomic mass is 19.3. The van der Waals surface area contributed by atoms with Crippen LogP contribution in [0.4, 0.5) is 34.8 Å². The maximum atomic E-state index is 15.7. The first-order chi connectivity index (χ1) is 26.5. The maximum absolute atomic E-state index is 15.7. The van der Waals surface area contributed by atoms with Crippen molar-refractivity contribution in [3.05, 3.63) is 59.2 Å². The zero-order valence-electron chi connectivity index (χ0n) is 32.4. The van der Waals surface area contributed by atoms with E-state index in [1.54, 1.807) is 18.6 Å². The molecule has 5 heterocycles. The van der Waals surface area contributed by atoms with Gasteiger partial charge in [0, 0.05) is 53.6 Å². The summed E-state index contributed by atoms with van der Waals surface area (Å²) in [6.07, 6.45) is 4.51. The standard InChI is InChI=1S/C41H46F4N8O3/c1-21(2)52-20-47-28-15-26(48-34(32(28)52)49-27-14-25(22(3)30(42)31(27)43)35(54)50-41(9-10-41)36(44)45)23-13-29-33(46-18-23)38(4,5)37(55)53(29)24-16-39(6,17-24)51-11-12-56-40(19-51)7-8-40/h13-15,18,20-21,24,36H,7-12,16-17,19H2,1-6H3,(H,48,49)(H,50,54)/t24-,39+. The molecule has 0 atom stereocenters. The summed E-state index contributed by atoms with van der Waals surface area (Å²) in [5.41, 5.74) is -0.119. The molecule has 2 N–H and O–H groups in total. The lowest BCUT2D eigenvalue weighted by Crippen LogP contribution is -2.66. The van der Waals surface area contributed by atoms with Crippen molar-refractivity contribution in [3.8, 4) is 11.3 Å². The first kappa shape index (κ1) is 37.0. The summed E-state index contributed by atoms with van der Waals surface area (Å²) in [6.45, 7) is 13.7. The van der Waals surface area contributed by atoms with Crippen LogP contribution in [0.3, 0.4) is 0 Å². The van der Waals surface area contributed by atoms with Gasteiger partial charge in [-0.2, -0.15) is 0 Å². The third-order valence-corrected chi connectivity index (χ3v) is 12.9. The van der Waals surface area contributed by atoms with Gasteiger partial charge in [0.2, 0.25) is 5.91 Å². The summed E-state index contributed by atoms with van der Waals surface area (Å²) in [5.74, 6) is -3.33. The minimum absolute atomic E-state index is 0.00228. The van der Waals surface area contributed by atoms with Crippen molar-refractivity contribution in [1.82, 2.24) is 29.7 Å². The van der Waals surface area contributed by atoms with E-state index >= 15 is 8.78 Å². The third-order valence-electron chi connectivity index (χ3n) is 12.9. The van der Waals surface area contributed by atoms with Gasteiger partial charge in [-0.3, -0.25) is 19.5 Å². The quantitative estimate of drug-likeness (QED) is 0.170. The van der Waals surface area contributed by atoms with Crippen LogP contribution in [0, 0.1) is 18.6 Å². The smallest absolute Gasteiger partial charge is 0.261 e. The number of halogens is 4. The largest absolute Gasteiger partial charge is 0.372 e. The van der Waals surface area contributed by atoms with Crippen molar-refractivity contribution in [2.24, 2.45) is 0 Å². The Labute approximate surface area is 322 Å². The van der Waals surface area contributed by atoms with Gasteiger partial charge in [0.1, 0.15) is 11.1 Å². The number of aromatic nitrogens is 4. The summed E-state index contributed by atoms with van der Waals surface area (Å²) >= 11 is 0. The Kier molecular flexibility index (Phi) is 8.21. The van der Waals surface area contributed by atoms with Crippen LogP contribution in [0.5, 0.6) is 0 Å². The van der Waals surface area contributed by atoms with Gasteiger partial charge >= 0.3 is 0 Å². The molecule has 5 aliphatic rings. The number of rotatable bonds is 9. The Morgan fingerprint density at radius 1 is 1.02 bits per heavy atom. The van der Waals surface area contributed by atoms with Gasteiger partial charge in [-0.05, 0) is 98.3 Å². The summed E-state index contributed by atoms with van der Waals surface area (Å²) in [5, 5.41) is 5.27. The molecule has 1 spiro atoms. The van der Waals surface area contributed by atoms with Crippen LogP contribution >= 0.6 is 0 Å². The van der Waals surface area contributed by atoms with E-state index in [0.29, 0.717) is 33.7 Å². The molecule has 0 radical (unpaired) electrons. The fraction of sp³-hybridized carbons (Fsp3) is 0.537. The molecule has 11 nitrogen and oxygen atoms in total.